The fraction of sp³-hybridized carbons (Fsp3) is 0.125. The Morgan fingerprint density at radius 1 is 0.906 bits per heavy atom. The predicted molar refractivity (Wildman–Crippen MR) is 135 cm³/mol. The maximum Gasteiger partial charge on any atom is 0.331 e. The van der Waals surface area contributed by atoms with Crippen molar-refractivity contribution in [2.45, 2.75) is 28.0 Å². The van der Waals surface area contributed by atoms with Crippen molar-refractivity contribution in [3.8, 4) is 0 Å². The van der Waals surface area contributed by atoms with Crippen molar-refractivity contribution < 1.29 is 14.4 Å². The van der Waals surface area contributed by atoms with Gasteiger partial charge in [-0.2, -0.15) is 0 Å². The van der Waals surface area contributed by atoms with Gasteiger partial charge in [0, 0.05) is 48.8 Å². The molecule has 3 aromatic rings. The molecule has 3 aromatic carbocycles. The molecule has 4 nitrogen and oxygen atoms in total. The number of oxime groups is 1. The Morgan fingerprint density at radius 2 is 1.47 bits per heavy atom. The Morgan fingerprint density at radius 3 is 2.06 bits per heavy atom. The summed E-state index contributed by atoms with van der Waals surface area (Å²) in [5.74, 6) is -0.227. The highest BCUT2D eigenvalue weighted by atomic mass is 79.9. The zero-order chi connectivity index (χ0) is 22.9. The van der Waals surface area contributed by atoms with Gasteiger partial charge < -0.3 is 4.84 Å². The SMILES string of the molecule is CC(=O)ON=C(CCSc1ccc(Cl)cc1)C(=O)c1ccc(Sc2ccc(Br)cc2)cc1. The molecule has 0 heterocycles. The molecule has 0 unspecified atom stereocenters. The predicted octanol–water partition coefficient (Wildman–Crippen LogP) is 7.54. The van der Waals surface area contributed by atoms with Gasteiger partial charge in [0.2, 0.25) is 5.78 Å². The molecule has 0 bridgehead atoms. The number of nitrogens with zero attached hydrogens (tertiary/aromatic N) is 1. The van der Waals surface area contributed by atoms with E-state index in [0.717, 1.165) is 19.2 Å². The van der Waals surface area contributed by atoms with E-state index >= 15 is 0 Å². The second-order valence-electron chi connectivity index (χ2n) is 6.58. The van der Waals surface area contributed by atoms with Gasteiger partial charge >= 0.3 is 5.97 Å². The van der Waals surface area contributed by atoms with Gasteiger partial charge in [-0.1, -0.05) is 44.4 Å². The van der Waals surface area contributed by atoms with Crippen LogP contribution in [-0.2, 0) is 9.63 Å². The van der Waals surface area contributed by atoms with Gasteiger partial charge in [-0.05, 0) is 72.8 Å². The number of rotatable bonds is 9. The number of thioether (sulfide) groups is 1. The molecule has 0 fully saturated rings. The van der Waals surface area contributed by atoms with Gasteiger partial charge in [0.1, 0.15) is 5.71 Å². The average Bonchev–Trinajstić information content (AvgIpc) is 2.79. The molecule has 164 valence electrons. The first-order valence-electron chi connectivity index (χ1n) is 9.62. The van der Waals surface area contributed by atoms with Crippen molar-refractivity contribution in [3.05, 3.63) is 87.9 Å². The Kier molecular flexibility index (Phi) is 9.41. The summed E-state index contributed by atoms with van der Waals surface area (Å²) < 4.78 is 1.02. The number of Topliss-reactive ketones (excluding diaryl/α,β-unsaturated/α-hetero) is 1. The molecule has 0 spiro atoms. The molecule has 32 heavy (non-hydrogen) atoms. The number of ketones is 1. The molecule has 0 saturated heterocycles. The molecule has 0 saturated carbocycles. The van der Waals surface area contributed by atoms with E-state index in [1.165, 1.54) is 6.92 Å². The van der Waals surface area contributed by atoms with Crippen molar-refractivity contribution in [2.75, 3.05) is 5.75 Å². The van der Waals surface area contributed by atoms with Crippen LogP contribution in [-0.4, -0.2) is 23.2 Å². The second-order valence-corrected chi connectivity index (χ2v) is 10.3. The minimum absolute atomic E-state index is 0.204. The van der Waals surface area contributed by atoms with E-state index in [1.807, 2.05) is 60.7 Å². The molecule has 3 rings (SSSR count). The van der Waals surface area contributed by atoms with E-state index in [-0.39, 0.29) is 11.5 Å². The third-order valence-electron chi connectivity index (χ3n) is 4.13. The lowest BCUT2D eigenvalue weighted by molar-refractivity contribution is -0.140. The fourth-order valence-corrected chi connectivity index (χ4v) is 4.66. The van der Waals surface area contributed by atoms with Crippen LogP contribution in [0.3, 0.4) is 0 Å². The summed E-state index contributed by atoms with van der Waals surface area (Å²) in [5, 5.41) is 4.49. The summed E-state index contributed by atoms with van der Waals surface area (Å²) in [6, 6.07) is 22.8. The van der Waals surface area contributed by atoms with E-state index in [0.29, 0.717) is 22.8 Å². The maximum atomic E-state index is 13.0. The van der Waals surface area contributed by atoms with Crippen LogP contribution in [0, 0.1) is 0 Å². The Labute approximate surface area is 208 Å². The highest BCUT2D eigenvalue weighted by Gasteiger charge is 2.16. The topological polar surface area (TPSA) is 55.7 Å². The first-order chi connectivity index (χ1) is 15.4. The average molecular weight is 549 g/mol. The maximum absolute atomic E-state index is 13.0. The highest BCUT2D eigenvalue weighted by molar-refractivity contribution is 9.10. The minimum Gasteiger partial charge on any atom is -0.318 e. The lowest BCUT2D eigenvalue weighted by Gasteiger charge is -2.07. The summed E-state index contributed by atoms with van der Waals surface area (Å²) in [6.07, 6.45) is 0.356. The number of halogens is 2. The molecule has 0 amide bonds. The lowest BCUT2D eigenvalue weighted by Crippen LogP contribution is -2.16. The van der Waals surface area contributed by atoms with E-state index in [1.54, 1.807) is 35.7 Å². The van der Waals surface area contributed by atoms with Crippen LogP contribution in [0.2, 0.25) is 5.02 Å². The normalized spacial score (nSPS) is 11.3. The Hall–Kier alpha value is -2.06. The largest absolute Gasteiger partial charge is 0.331 e. The number of hydrogen-bond acceptors (Lipinski definition) is 6. The van der Waals surface area contributed by atoms with Gasteiger partial charge in [0.25, 0.3) is 0 Å². The number of carbonyl (C=O) groups is 2. The standard InChI is InChI=1S/C24H19BrClNO3S2/c1-16(28)30-27-23(14-15-31-20-12-6-19(26)7-13-20)24(29)17-2-8-21(9-3-17)32-22-10-4-18(25)5-11-22/h2-13H,14-15H2,1H3. The number of benzene rings is 3. The van der Waals surface area contributed by atoms with E-state index in [2.05, 4.69) is 21.1 Å². The molecular formula is C24H19BrClNO3S2. The van der Waals surface area contributed by atoms with E-state index in [4.69, 9.17) is 16.4 Å². The first-order valence-corrected chi connectivity index (χ1v) is 12.6. The van der Waals surface area contributed by atoms with Crippen LogP contribution in [0.15, 0.2) is 97.1 Å². The number of carbonyl (C=O) groups excluding carboxylic acids is 2. The Balaban J connectivity index is 1.66. The molecule has 0 radical (unpaired) electrons. The van der Waals surface area contributed by atoms with Crippen LogP contribution in [0.1, 0.15) is 23.7 Å². The summed E-state index contributed by atoms with van der Waals surface area (Å²) in [5.41, 5.74) is 0.697. The third-order valence-corrected chi connectivity index (χ3v) is 6.94. The highest BCUT2D eigenvalue weighted by Crippen LogP contribution is 2.29. The quantitative estimate of drug-likeness (QED) is 0.0909. The monoisotopic (exact) mass is 547 g/mol. The van der Waals surface area contributed by atoms with Crippen molar-refractivity contribution >= 4 is 68.5 Å². The van der Waals surface area contributed by atoms with E-state index in [9.17, 15) is 9.59 Å². The minimum atomic E-state index is -0.568. The van der Waals surface area contributed by atoms with Crippen molar-refractivity contribution in [1.82, 2.24) is 0 Å². The van der Waals surface area contributed by atoms with Crippen LogP contribution in [0.5, 0.6) is 0 Å². The van der Waals surface area contributed by atoms with Crippen LogP contribution >= 0.6 is 51.1 Å². The molecule has 0 aliphatic rings. The Bertz CT molecular complexity index is 1100. The van der Waals surface area contributed by atoms with E-state index < -0.39 is 5.97 Å². The molecule has 0 N–H and O–H groups in total. The van der Waals surface area contributed by atoms with Gasteiger partial charge in [0.05, 0.1) is 0 Å². The van der Waals surface area contributed by atoms with Crippen molar-refractivity contribution in [3.63, 3.8) is 0 Å². The zero-order valence-corrected chi connectivity index (χ0v) is 21.1. The van der Waals surface area contributed by atoms with Crippen LogP contribution < -0.4 is 0 Å². The lowest BCUT2D eigenvalue weighted by atomic mass is 10.1. The van der Waals surface area contributed by atoms with Crippen molar-refractivity contribution in [1.29, 1.82) is 0 Å². The fourth-order valence-electron chi connectivity index (χ4n) is 2.60. The number of hydrogen-bond donors (Lipinski definition) is 0. The molecule has 8 heteroatoms. The van der Waals surface area contributed by atoms with Gasteiger partial charge in [-0.3, -0.25) is 4.79 Å². The van der Waals surface area contributed by atoms with Gasteiger partial charge in [0.15, 0.2) is 0 Å². The zero-order valence-electron chi connectivity index (χ0n) is 17.1. The molecular weight excluding hydrogens is 530 g/mol. The molecule has 0 aromatic heterocycles. The van der Waals surface area contributed by atoms with Gasteiger partial charge in [-0.15, -0.1) is 11.8 Å². The van der Waals surface area contributed by atoms with Crippen molar-refractivity contribution in [2.24, 2.45) is 5.16 Å². The summed E-state index contributed by atoms with van der Waals surface area (Å²) >= 11 is 12.5. The summed E-state index contributed by atoms with van der Waals surface area (Å²) in [4.78, 5) is 32.1. The summed E-state index contributed by atoms with van der Waals surface area (Å²) in [6.45, 7) is 1.25. The third kappa shape index (κ3) is 7.81. The summed E-state index contributed by atoms with van der Waals surface area (Å²) in [7, 11) is 0. The van der Waals surface area contributed by atoms with Gasteiger partial charge in [-0.25, -0.2) is 4.79 Å². The molecule has 0 atom stereocenters. The second kappa shape index (κ2) is 12.3. The molecule has 0 aliphatic heterocycles. The van der Waals surface area contributed by atoms with Crippen LogP contribution in [0.4, 0.5) is 0 Å². The molecule has 0 aliphatic carbocycles. The first kappa shape index (κ1) is 24.6. The smallest absolute Gasteiger partial charge is 0.318 e. The van der Waals surface area contributed by atoms with Crippen LogP contribution in [0.25, 0.3) is 0 Å².